The summed E-state index contributed by atoms with van der Waals surface area (Å²) in [6, 6.07) is 14.5. The van der Waals surface area contributed by atoms with Gasteiger partial charge in [-0.05, 0) is 25.1 Å². The first-order valence-corrected chi connectivity index (χ1v) is 14.0. The molecule has 11 heteroatoms. The Hall–Kier alpha value is -3.41. The highest BCUT2D eigenvalue weighted by Crippen LogP contribution is 2.54. The number of fused-ring (bicyclic) bond motifs is 2. The fraction of sp³-hybridized carbons (Fsp3) is 0.333. The zero-order chi connectivity index (χ0) is 26.4. The average Bonchev–Trinajstić information content (AvgIpc) is 3.43. The number of nitrogens with one attached hydrogen (secondary N) is 1. The Kier molecular flexibility index (Phi) is 6.58. The standard InChI is InChI=1S/C27H25N3O6S2/c1-15-6-8-16(9-7-15)30-25(32)21-20(22-24(28-27(34)38-22)37-23(21)26(30)33)17-4-2-3-5-18(17)36-14-19(31)29-10-12-35-13-11-29/h2-9,20-21,23H,10-14H2,1H3,(H,28,34). The van der Waals surface area contributed by atoms with Crippen molar-refractivity contribution in [2.75, 3.05) is 37.8 Å². The van der Waals surface area contributed by atoms with Gasteiger partial charge in [-0.2, -0.15) is 0 Å². The first-order valence-electron chi connectivity index (χ1n) is 12.3. The Balaban J connectivity index is 1.36. The van der Waals surface area contributed by atoms with Crippen molar-refractivity contribution in [1.29, 1.82) is 0 Å². The summed E-state index contributed by atoms with van der Waals surface area (Å²) in [5, 5.41) is -0.105. The van der Waals surface area contributed by atoms with Crippen LogP contribution in [0.15, 0.2) is 58.4 Å². The molecule has 196 valence electrons. The number of hydrogen-bond acceptors (Lipinski definition) is 8. The van der Waals surface area contributed by atoms with Crippen LogP contribution in [0.4, 0.5) is 5.69 Å². The molecule has 1 aromatic heterocycles. The molecule has 6 rings (SSSR count). The maximum Gasteiger partial charge on any atom is 0.305 e. The Bertz CT molecular complexity index is 1460. The molecule has 4 heterocycles. The number of benzene rings is 2. The van der Waals surface area contributed by atoms with Gasteiger partial charge in [0.2, 0.25) is 11.8 Å². The predicted octanol–water partition coefficient (Wildman–Crippen LogP) is 2.78. The molecule has 0 spiro atoms. The number of imide groups is 1. The molecule has 0 aliphatic carbocycles. The molecule has 1 N–H and O–H groups in total. The Morgan fingerprint density at radius 1 is 1.05 bits per heavy atom. The van der Waals surface area contributed by atoms with Gasteiger partial charge in [-0.1, -0.05) is 59.0 Å². The minimum atomic E-state index is -0.729. The number of rotatable bonds is 5. The van der Waals surface area contributed by atoms with Crippen molar-refractivity contribution < 1.29 is 23.9 Å². The lowest BCUT2D eigenvalue weighted by atomic mass is 9.82. The first-order chi connectivity index (χ1) is 18.4. The van der Waals surface area contributed by atoms with Crippen LogP contribution >= 0.6 is 23.1 Å². The third kappa shape index (κ3) is 4.34. The number of aromatic nitrogens is 1. The number of para-hydroxylation sites is 1. The summed E-state index contributed by atoms with van der Waals surface area (Å²) in [4.78, 5) is 58.9. The van der Waals surface area contributed by atoms with Gasteiger partial charge in [0.1, 0.15) is 11.0 Å². The van der Waals surface area contributed by atoms with Crippen LogP contribution < -0.4 is 14.5 Å². The van der Waals surface area contributed by atoms with Crippen molar-refractivity contribution in [2.24, 2.45) is 5.92 Å². The van der Waals surface area contributed by atoms with E-state index in [4.69, 9.17) is 9.47 Å². The summed E-state index contributed by atoms with van der Waals surface area (Å²) >= 11 is 2.27. The van der Waals surface area contributed by atoms with Crippen LogP contribution in [-0.2, 0) is 19.1 Å². The number of thiazole rings is 1. The highest BCUT2D eigenvalue weighted by molar-refractivity contribution is 8.00. The van der Waals surface area contributed by atoms with Gasteiger partial charge in [-0.3, -0.25) is 19.2 Å². The number of H-pyrrole nitrogens is 1. The Morgan fingerprint density at radius 3 is 2.55 bits per heavy atom. The first kappa shape index (κ1) is 24.9. The smallest absolute Gasteiger partial charge is 0.305 e. The van der Waals surface area contributed by atoms with Gasteiger partial charge in [0, 0.05) is 29.4 Å². The van der Waals surface area contributed by atoms with E-state index in [0.29, 0.717) is 53.2 Å². The molecule has 2 aromatic carbocycles. The molecule has 0 bridgehead atoms. The molecule has 0 saturated carbocycles. The van der Waals surface area contributed by atoms with Crippen LogP contribution in [0.1, 0.15) is 21.9 Å². The molecule has 2 fully saturated rings. The van der Waals surface area contributed by atoms with Gasteiger partial charge >= 0.3 is 4.87 Å². The summed E-state index contributed by atoms with van der Waals surface area (Å²) < 4.78 is 11.4. The number of aryl methyl sites for hydroxylation is 1. The summed E-state index contributed by atoms with van der Waals surface area (Å²) in [6.45, 7) is 3.80. The van der Waals surface area contributed by atoms with E-state index in [1.807, 2.05) is 31.2 Å². The zero-order valence-electron chi connectivity index (χ0n) is 20.5. The number of ether oxygens (including phenoxy) is 2. The van der Waals surface area contributed by atoms with Gasteiger partial charge in [0.25, 0.3) is 5.91 Å². The monoisotopic (exact) mass is 551 g/mol. The highest BCUT2D eigenvalue weighted by Gasteiger charge is 2.56. The van der Waals surface area contributed by atoms with Gasteiger partial charge < -0.3 is 19.4 Å². The van der Waals surface area contributed by atoms with Crippen LogP contribution in [0.5, 0.6) is 5.75 Å². The minimum Gasteiger partial charge on any atom is -0.483 e. The second-order valence-electron chi connectivity index (χ2n) is 9.42. The van der Waals surface area contributed by atoms with Gasteiger partial charge in [0.05, 0.1) is 29.8 Å². The second-order valence-corrected chi connectivity index (χ2v) is 11.6. The summed E-state index contributed by atoms with van der Waals surface area (Å²) in [7, 11) is 0. The van der Waals surface area contributed by atoms with E-state index in [0.717, 1.165) is 16.9 Å². The van der Waals surface area contributed by atoms with E-state index < -0.39 is 17.1 Å². The molecule has 9 nitrogen and oxygen atoms in total. The van der Waals surface area contributed by atoms with E-state index in [9.17, 15) is 19.2 Å². The molecular weight excluding hydrogens is 526 g/mol. The van der Waals surface area contributed by atoms with E-state index in [1.54, 1.807) is 29.2 Å². The quantitative estimate of drug-likeness (QED) is 0.486. The van der Waals surface area contributed by atoms with Crippen molar-refractivity contribution in [2.45, 2.75) is 23.1 Å². The van der Waals surface area contributed by atoms with E-state index in [1.165, 1.54) is 16.7 Å². The third-order valence-corrected chi connectivity index (χ3v) is 9.49. The highest BCUT2D eigenvalue weighted by atomic mass is 32.2. The lowest BCUT2D eigenvalue weighted by Gasteiger charge is -2.31. The molecule has 3 unspecified atom stereocenters. The second kappa shape index (κ2) is 10.0. The van der Waals surface area contributed by atoms with Crippen LogP contribution in [0, 0.1) is 12.8 Å². The average molecular weight is 552 g/mol. The van der Waals surface area contributed by atoms with Crippen molar-refractivity contribution in [3.05, 3.63) is 74.2 Å². The van der Waals surface area contributed by atoms with Crippen molar-refractivity contribution in [1.82, 2.24) is 9.88 Å². The number of nitrogens with zero attached hydrogens (tertiary/aromatic N) is 2. The zero-order valence-corrected chi connectivity index (χ0v) is 22.2. The molecule has 3 aromatic rings. The fourth-order valence-electron chi connectivity index (χ4n) is 5.21. The molecule has 38 heavy (non-hydrogen) atoms. The number of carbonyl (C=O) groups excluding carboxylic acids is 3. The maximum absolute atomic E-state index is 13.9. The Morgan fingerprint density at radius 2 is 1.79 bits per heavy atom. The fourth-order valence-corrected chi connectivity index (χ4v) is 7.72. The summed E-state index contributed by atoms with van der Waals surface area (Å²) in [5.74, 6) is -1.63. The normalized spacial score (nSPS) is 22.8. The molecule has 2 saturated heterocycles. The molecule has 3 aliphatic heterocycles. The Labute approximate surface area is 226 Å². The van der Waals surface area contributed by atoms with Crippen LogP contribution in [0.3, 0.4) is 0 Å². The largest absolute Gasteiger partial charge is 0.483 e. The predicted molar refractivity (Wildman–Crippen MR) is 143 cm³/mol. The van der Waals surface area contributed by atoms with Crippen molar-refractivity contribution in [3.8, 4) is 5.75 Å². The van der Waals surface area contributed by atoms with Crippen LogP contribution in [0.2, 0.25) is 0 Å². The third-order valence-electron chi connectivity index (χ3n) is 7.09. The SMILES string of the molecule is Cc1ccc(N2C(=O)C3Sc4[nH]c(=O)sc4C(c4ccccc4OCC(=O)N4CCOCC4)C3C2=O)cc1. The number of hydrogen-bond donors (Lipinski definition) is 1. The van der Waals surface area contributed by atoms with E-state index in [-0.39, 0.29) is 29.2 Å². The molecule has 3 aliphatic rings. The number of thioether (sulfide) groups is 1. The number of anilines is 1. The summed E-state index contributed by atoms with van der Waals surface area (Å²) in [6.07, 6.45) is 0. The lowest BCUT2D eigenvalue weighted by Crippen LogP contribution is -2.43. The number of morpholine rings is 1. The maximum atomic E-state index is 13.9. The lowest BCUT2D eigenvalue weighted by molar-refractivity contribution is -0.137. The van der Waals surface area contributed by atoms with Gasteiger partial charge in [-0.15, -0.1) is 0 Å². The van der Waals surface area contributed by atoms with Gasteiger partial charge in [0.15, 0.2) is 6.61 Å². The number of carbonyl (C=O) groups is 3. The molecule has 3 amide bonds. The minimum absolute atomic E-state index is 0.148. The van der Waals surface area contributed by atoms with Crippen molar-refractivity contribution >= 4 is 46.5 Å². The molecule has 0 radical (unpaired) electrons. The van der Waals surface area contributed by atoms with E-state index in [2.05, 4.69) is 4.98 Å². The molecule has 3 atom stereocenters. The number of amides is 3. The van der Waals surface area contributed by atoms with Crippen LogP contribution in [0.25, 0.3) is 0 Å². The topological polar surface area (TPSA) is 109 Å². The molecular formula is C27H25N3O6S2. The summed E-state index contributed by atoms with van der Waals surface area (Å²) in [5.41, 5.74) is 2.22. The van der Waals surface area contributed by atoms with Gasteiger partial charge in [-0.25, -0.2) is 4.90 Å². The van der Waals surface area contributed by atoms with Crippen molar-refractivity contribution in [3.63, 3.8) is 0 Å². The number of aromatic amines is 1. The van der Waals surface area contributed by atoms with Crippen LogP contribution in [-0.4, -0.2) is 65.8 Å². The van der Waals surface area contributed by atoms with E-state index >= 15 is 0 Å².